The van der Waals surface area contributed by atoms with Gasteiger partial charge in [0.15, 0.2) is 0 Å². The SMILES string of the molecule is O.[La].[Li].[Li].[Zr]. The first-order valence-corrected chi connectivity index (χ1v) is 0. The van der Waals surface area contributed by atoms with Gasteiger partial charge in [0.2, 0.25) is 0 Å². The second-order valence-corrected chi connectivity index (χ2v) is 0. The number of hydrogen-bond donors (Lipinski definition) is 0. The minimum atomic E-state index is 0. The molecule has 2 N–H and O–H groups in total. The van der Waals surface area contributed by atoms with Crippen molar-refractivity contribution in [3.05, 3.63) is 0 Å². The second-order valence-electron chi connectivity index (χ2n) is 0. The largest absolute Gasteiger partial charge is 0.412 e. The Hall–Kier alpha value is 3.23. The molecule has 0 saturated heterocycles. The molecule has 3 radical (unpaired) electrons. The van der Waals surface area contributed by atoms with Crippen LogP contribution in [0.5, 0.6) is 0 Å². The van der Waals surface area contributed by atoms with E-state index in [9.17, 15) is 0 Å². The van der Waals surface area contributed by atoms with Crippen LogP contribution in [0, 0.1) is 35.6 Å². The van der Waals surface area contributed by atoms with Crippen LogP contribution in [0.4, 0.5) is 0 Å². The molecule has 5 heteroatoms. The van der Waals surface area contributed by atoms with Crippen LogP contribution in [0.25, 0.3) is 0 Å². The van der Waals surface area contributed by atoms with Gasteiger partial charge in [0.25, 0.3) is 0 Å². The van der Waals surface area contributed by atoms with Crippen LogP contribution >= 0.6 is 0 Å². The molecule has 0 spiro atoms. The zero-order chi connectivity index (χ0) is 0. The van der Waals surface area contributed by atoms with Crippen LogP contribution in [-0.4, -0.2) is 43.2 Å². The first-order chi connectivity index (χ1) is 0. The summed E-state index contributed by atoms with van der Waals surface area (Å²) in [5, 5.41) is 0. The van der Waals surface area contributed by atoms with Crippen molar-refractivity contribution in [3.63, 3.8) is 0 Å². The minimum absolute atomic E-state index is 0. The van der Waals surface area contributed by atoms with E-state index in [1.807, 2.05) is 0 Å². The van der Waals surface area contributed by atoms with E-state index < -0.39 is 0 Å². The molecule has 17 valence electrons. The number of hydrogen-bond acceptors (Lipinski definition) is 0. The zero-order valence-electron chi connectivity index (χ0n) is 3.58. The zero-order valence-corrected chi connectivity index (χ0v) is 9.66. The molecule has 0 atom stereocenters. The molecule has 0 aliphatic heterocycles. The minimum Gasteiger partial charge on any atom is -0.412 e. The Labute approximate surface area is 103 Å². The van der Waals surface area contributed by atoms with Gasteiger partial charge in [-0.15, -0.1) is 0 Å². The Kier molecular flexibility index (Phi) is 222. The van der Waals surface area contributed by atoms with Gasteiger partial charge >= 0.3 is 0 Å². The van der Waals surface area contributed by atoms with Crippen LogP contribution < -0.4 is 0 Å². The smallest absolute Gasteiger partial charge is 0 e. The first-order valence-electron chi connectivity index (χ1n) is 0. The van der Waals surface area contributed by atoms with E-state index in [-0.39, 0.29) is 105 Å². The van der Waals surface area contributed by atoms with Gasteiger partial charge < -0.3 is 5.48 Å². The molecule has 0 aliphatic carbocycles. The molecule has 0 aliphatic rings. The predicted molar refractivity (Wildman–Crippen MR) is 15.1 cm³/mol. The first kappa shape index (κ1) is 41.2. The molecular weight excluding hydrogens is 260 g/mol. The quantitative estimate of drug-likeness (QED) is 0.471. The maximum atomic E-state index is 0. The molecule has 0 bridgehead atoms. The van der Waals surface area contributed by atoms with Crippen molar-refractivity contribution in [1.82, 2.24) is 0 Å². The van der Waals surface area contributed by atoms with Crippen molar-refractivity contribution in [2.24, 2.45) is 0 Å². The van der Waals surface area contributed by atoms with Crippen LogP contribution in [0.1, 0.15) is 0 Å². The Balaban J connectivity index is 0. The van der Waals surface area contributed by atoms with Gasteiger partial charge in [-0.05, 0) is 0 Å². The van der Waals surface area contributed by atoms with E-state index in [2.05, 4.69) is 0 Å². The molecule has 0 amide bonds. The fraction of sp³-hybridized carbons (Fsp3) is 0. The molecule has 0 aromatic heterocycles. The molecule has 0 aromatic rings. The van der Waals surface area contributed by atoms with E-state index in [1.54, 1.807) is 0 Å². The summed E-state index contributed by atoms with van der Waals surface area (Å²) in [6.45, 7) is 0. The summed E-state index contributed by atoms with van der Waals surface area (Å²) < 4.78 is 0. The molecule has 1 nitrogen and oxygen atoms in total. The standard InChI is InChI=1S/La.2Li.H2O.Zr/h;;;1H2;. The molecule has 0 heterocycles. The Morgan fingerprint density at radius 2 is 0.800 bits per heavy atom. The van der Waals surface area contributed by atoms with Crippen LogP contribution in [0.3, 0.4) is 0 Å². The molecule has 0 rings (SSSR count). The van der Waals surface area contributed by atoms with Crippen molar-refractivity contribution >= 4 is 37.7 Å². The topological polar surface area (TPSA) is 31.5 Å². The Morgan fingerprint density at radius 1 is 0.800 bits per heavy atom. The maximum Gasteiger partial charge on any atom is 0 e. The summed E-state index contributed by atoms with van der Waals surface area (Å²) in [5.74, 6) is 0. The van der Waals surface area contributed by atoms with E-state index in [0.29, 0.717) is 0 Å². The third-order valence-corrected chi connectivity index (χ3v) is 0. The van der Waals surface area contributed by atoms with Crippen molar-refractivity contribution in [2.75, 3.05) is 0 Å². The Bertz CT molecular complexity index is 9.61. The van der Waals surface area contributed by atoms with Gasteiger partial charge in [-0.3, -0.25) is 0 Å². The Morgan fingerprint density at radius 3 is 0.800 bits per heavy atom. The van der Waals surface area contributed by atoms with Crippen molar-refractivity contribution in [3.8, 4) is 0 Å². The van der Waals surface area contributed by atoms with E-state index in [4.69, 9.17) is 0 Å². The molecule has 5 heavy (non-hydrogen) atoms. The molecule has 0 fully saturated rings. The van der Waals surface area contributed by atoms with Gasteiger partial charge in [0, 0.05) is 99.5 Å². The number of rotatable bonds is 0. The third kappa shape index (κ3) is 19.0. The van der Waals surface area contributed by atoms with Gasteiger partial charge in [-0.2, -0.15) is 0 Å². The normalized spacial score (nSPS) is 0. The summed E-state index contributed by atoms with van der Waals surface area (Å²) in [6.07, 6.45) is 0. The second kappa shape index (κ2) is 26.9. The third-order valence-electron chi connectivity index (χ3n) is 0. The average molecular weight is 262 g/mol. The van der Waals surface area contributed by atoms with Gasteiger partial charge in [0.1, 0.15) is 0 Å². The predicted octanol–water partition coefficient (Wildman–Crippen LogP) is -1.59. The van der Waals surface area contributed by atoms with E-state index in [0.717, 1.165) is 0 Å². The molecular formula is H2LaLi2OZr. The van der Waals surface area contributed by atoms with Gasteiger partial charge in [-0.1, -0.05) is 0 Å². The monoisotopic (exact) mass is 261 g/mol. The summed E-state index contributed by atoms with van der Waals surface area (Å²) in [5.41, 5.74) is 0. The molecule has 0 unspecified atom stereocenters. The van der Waals surface area contributed by atoms with E-state index >= 15 is 0 Å². The van der Waals surface area contributed by atoms with Crippen LogP contribution in [0.15, 0.2) is 0 Å². The maximum absolute atomic E-state index is 0. The van der Waals surface area contributed by atoms with Crippen LogP contribution in [-0.2, 0) is 26.2 Å². The average Bonchev–Trinajstić information content (AvgIpc) is 0. The van der Waals surface area contributed by atoms with Crippen molar-refractivity contribution in [2.45, 2.75) is 0 Å². The van der Waals surface area contributed by atoms with Crippen LogP contribution in [0.2, 0.25) is 0 Å². The molecule has 0 saturated carbocycles. The summed E-state index contributed by atoms with van der Waals surface area (Å²) in [6, 6.07) is 0. The summed E-state index contributed by atoms with van der Waals surface area (Å²) >= 11 is 0. The fourth-order valence-corrected chi connectivity index (χ4v) is 0. The summed E-state index contributed by atoms with van der Waals surface area (Å²) in [4.78, 5) is 0. The van der Waals surface area contributed by atoms with Gasteiger partial charge in [0.05, 0.1) is 0 Å². The van der Waals surface area contributed by atoms with Crippen molar-refractivity contribution in [1.29, 1.82) is 0 Å². The summed E-state index contributed by atoms with van der Waals surface area (Å²) in [7, 11) is 0. The van der Waals surface area contributed by atoms with Crippen molar-refractivity contribution < 1.29 is 67.3 Å². The van der Waals surface area contributed by atoms with E-state index in [1.165, 1.54) is 0 Å². The fourth-order valence-electron chi connectivity index (χ4n) is 0. The molecule has 0 aromatic carbocycles. The van der Waals surface area contributed by atoms with Gasteiger partial charge in [-0.25, -0.2) is 0 Å².